The molecule has 1 heterocycles. The summed E-state index contributed by atoms with van der Waals surface area (Å²) in [4.78, 5) is 16.5. The number of carbonyl (C=O) groups excluding carboxylic acids is 1. The topological polar surface area (TPSA) is 56.0 Å². The molecule has 98 valence electrons. The number of aryl methyl sites for hydroxylation is 2. The van der Waals surface area contributed by atoms with E-state index in [-0.39, 0.29) is 5.91 Å². The van der Waals surface area contributed by atoms with E-state index < -0.39 is 0 Å². The van der Waals surface area contributed by atoms with Gasteiger partial charge in [-0.2, -0.15) is 0 Å². The van der Waals surface area contributed by atoms with E-state index in [4.69, 9.17) is 5.73 Å². The summed E-state index contributed by atoms with van der Waals surface area (Å²) in [5, 5.41) is 1.02. The SMILES string of the molecule is Cc1cccc2c1CC[C@H]2c1nc(C)c(C(N)=O)s1. The number of hydrogen-bond acceptors (Lipinski definition) is 3. The van der Waals surface area contributed by atoms with Crippen molar-refractivity contribution in [3.05, 3.63) is 50.5 Å². The maximum atomic E-state index is 11.3. The predicted octanol–water partition coefficient (Wildman–Crippen LogP) is 2.94. The standard InChI is InChI=1S/C15H16N2OS/c1-8-4-3-5-11-10(8)6-7-12(11)15-17-9(2)13(19-15)14(16)18/h3-5,12H,6-7H2,1-2H3,(H2,16,18)/t12-/m1/s1. The van der Waals surface area contributed by atoms with Gasteiger partial charge in [0.05, 0.1) is 5.69 Å². The molecular formula is C15H16N2OS. The highest BCUT2D eigenvalue weighted by Gasteiger charge is 2.28. The molecule has 0 spiro atoms. The third-order valence-corrected chi connectivity index (χ3v) is 5.13. The van der Waals surface area contributed by atoms with E-state index in [1.165, 1.54) is 28.0 Å². The fourth-order valence-corrected chi connectivity index (χ4v) is 3.96. The molecule has 2 aromatic rings. The summed E-state index contributed by atoms with van der Waals surface area (Å²) < 4.78 is 0. The number of rotatable bonds is 2. The number of thiazole rings is 1. The number of hydrogen-bond donors (Lipinski definition) is 1. The molecule has 4 heteroatoms. The minimum absolute atomic E-state index is 0.326. The van der Waals surface area contributed by atoms with Crippen molar-refractivity contribution in [3.63, 3.8) is 0 Å². The van der Waals surface area contributed by atoms with Gasteiger partial charge in [0.25, 0.3) is 5.91 Å². The second-order valence-electron chi connectivity index (χ2n) is 5.06. The van der Waals surface area contributed by atoms with Gasteiger partial charge in [0, 0.05) is 5.92 Å². The van der Waals surface area contributed by atoms with Crippen molar-refractivity contribution in [2.45, 2.75) is 32.6 Å². The van der Waals surface area contributed by atoms with Crippen LogP contribution in [0.3, 0.4) is 0 Å². The molecule has 2 N–H and O–H groups in total. The van der Waals surface area contributed by atoms with E-state index >= 15 is 0 Å². The van der Waals surface area contributed by atoms with Crippen molar-refractivity contribution < 1.29 is 4.79 Å². The second-order valence-corrected chi connectivity index (χ2v) is 6.10. The van der Waals surface area contributed by atoms with E-state index in [1.54, 1.807) is 0 Å². The van der Waals surface area contributed by atoms with Crippen molar-refractivity contribution >= 4 is 17.2 Å². The quantitative estimate of drug-likeness (QED) is 0.913. The maximum Gasteiger partial charge on any atom is 0.260 e. The molecule has 3 nitrogen and oxygen atoms in total. The first kappa shape index (κ1) is 12.4. The van der Waals surface area contributed by atoms with Gasteiger partial charge in [-0.25, -0.2) is 4.98 Å². The zero-order valence-corrected chi connectivity index (χ0v) is 11.9. The lowest BCUT2D eigenvalue weighted by Crippen LogP contribution is -2.09. The normalized spacial score (nSPS) is 17.5. The Labute approximate surface area is 116 Å². The van der Waals surface area contributed by atoms with E-state index in [1.807, 2.05) is 6.92 Å². The molecule has 0 unspecified atom stereocenters. The van der Waals surface area contributed by atoms with E-state index in [9.17, 15) is 4.79 Å². The third-order valence-electron chi connectivity index (χ3n) is 3.84. The Morgan fingerprint density at radius 2 is 2.21 bits per heavy atom. The molecule has 0 aliphatic heterocycles. The zero-order valence-electron chi connectivity index (χ0n) is 11.1. The van der Waals surface area contributed by atoms with E-state index in [2.05, 4.69) is 30.1 Å². The average Bonchev–Trinajstić information content (AvgIpc) is 2.93. The largest absolute Gasteiger partial charge is 0.365 e. The van der Waals surface area contributed by atoms with Gasteiger partial charge in [-0.05, 0) is 43.4 Å². The molecule has 1 aromatic carbocycles. The summed E-state index contributed by atoms with van der Waals surface area (Å²) >= 11 is 1.45. The van der Waals surface area contributed by atoms with Crippen LogP contribution in [-0.2, 0) is 6.42 Å². The van der Waals surface area contributed by atoms with Crippen molar-refractivity contribution in [2.24, 2.45) is 5.73 Å². The van der Waals surface area contributed by atoms with Crippen LogP contribution in [0.15, 0.2) is 18.2 Å². The molecule has 1 aromatic heterocycles. The first-order valence-electron chi connectivity index (χ1n) is 6.43. The number of primary amides is 1. The average molecular weight is 272 g/mol. The van der Waals surface area contributed by atoms with Crippen molar-refractivity contribution in [2.75, 3.05) is 0 Å². The molecule has 1 atom stereocenters. The zero-order chi connectivity index (χ0) is 13.6. The second kappa shape index (κ2) is 4.46. The predicted molar refractivity (Wildman–Crippen MR) is 76.7 cm³/mol. The van der Waals surface area contributed by atoms with Crippen LogP contribution in [0.5, 0.6) is 0 Å². The molecule has 1 aliphatic rings. The maximum absolute atomic E-state index is 11.3. The fraction of sp³-hybridized carbons (Fsp3) is 0.333. The monoisotopic (exact) mass is 272 g/mol. The minimum Gasteiger partial charge on any atom is -0.365 e. The highest BCUT2D eigenvalue weighted by molar-refractivity contribution is 7.13. The Hall–Kier alpha value is -1.68. The van der Waals surface area contributed by atoms with Crippen molar-refractivity contribution in [1.82, 2.24) is 4.98 Å². The van der Waals surface area contributed by atoms with Gasteiger partial charge < -0.3 is 5.73 Å². The Bertz CT molecular complexity index is 660. The van der Waals surface area contributed by atoms with Crippen LogP contribution in [-0.4, -0.2) is 10.9 Å². The summed E-state index contributed by atoms with van der Waals surface area (Å²) in [6.07, 6.45) is 2.17. The van der Waals surface area contributed by atoms with E-state index in [0.717, 1.165) is 23.5 Å². The van der Waals surface area contributed by atoms with Crippen molar-refractivity contribution in [1.29, 1.82) is 0 Å². The molecule has 1 amide bonds. The lowest BCUT2D eigenvalue weighted by Gasteiger charge is -2.08. The first-order chi connectivity index (χ1) is 9.08. The summed E-state index contributed by atoms with van der Waals surface area (Å²) in [5.74, 6) is -0.0459. The lowest BCUT2D eigenvalue weighted by molar-refractivity contribution is 0.100. The lowest BCUT2D eigenvalue weighted by atomic mass is 10.00. The molecular weight excluding hydrogens is 256 g/mol. The highest BCUT2D eigenvalue weighted by Crippen LogP contribution is 2.41. The minimum atomic E-state index is -0.372. The first-order valence-corrected chi connectivity index (χ1v) is 7.25. The Morgan fingerprint density at radius 1 is 1.42 bits per heavy atom. The molecule has 0 radical (unpaired) electrons. The van der Waals surface area contributed by atoms with Gasteiger partial charge in [-0.3, -0.25) is 4.79 Å². The van der Waals surface area contributed by atoms with Gasteiger partial charge in [-0.1, -0.05) is 18.2 Å². The van der Waals surface area contributed by atoms with Crippen LogP contribution < -0.4 is 5.73 Å². The van der Waals surface area contributed by atoms with Crippen LogP contribution in [0.4, 0.5) is 0 Å². The van der Waals surface area contributed by atoms with Crippen LogP contribution in [0.25, 0.3) is 0 Å². The third kappa shape index (κ3) is 1.96. The summed E-state index contributed by atoms with van der Waals surface area (Å²) in [6.45, 7) is 4.01. The van der Waals surface area contributed by atoms with Gasteiger partial charge in [0.2, 0.25) is 0 Å². The summed E-state index contributed by atoms with van der Waals surface area (Å²) in [6, 6.07) is 6.44. The van der Waals surface area contributed by atoms with Crippen LogP contribution in [0.1, 0.15) is 49.4 Å². The Balaban J connectivity index is 2.05. The van der Waals surface area contributed by atoms with Gasteiger partial charge in [0.15, 0.2) is 0 Å². The Morgan fingerprint density at radius 3 is 2.89 bits per heavy atom. The van der Waals surface area contributed by atoms with Gasteiger partial charge in [-0.15, -0.1) is 11.3 Å². The molecule has 1 aliphatic carbocycles. The Kier molecular flexibility index (Phi) is 2.90. The van der Waals surface area contributed by atoms with Crippen molar-refractivity contribution in [3.8, 4) is 0 Å². The van der Waals surface area contributed by atoms with E-state index in [0.29, 0.717) is 10.8 Å². The number of amides is 1. The number of aromatic nitrogens is 1. The number of nitrogens with two attached hydrogens (primary N) is 1. The molecule has 0 fully saturated rings. The number of fused-ring (bicyclic) bond motifs is 1. The van der Waals surface area contributed by atoms with Crippen LogP contribution >= 0.6 is 11.3 Å². The number of carbonyl (C=O) groups is 1. The fourth-order valence-electron chi connectivity index (χ4n) is 2.89. The molecule has 0 bridgehead atoms. The van der Waals surface area contributed by atoms with Crippen LogP contribution in [0, 0.1) is 13.8 Å². The van der Waals surface area contributed by atoms with Gasteiger partial charge >= 0.3 is 0 Å². The smallest absolute Gasteiger partial charge is 0.260 e. The number of benzene rings is 1. The van der Waals surface area contributed by atoms with Crippen LogP contribution in [0.2, 0.25) is 0 Å². The highest BCUT2D eigenvalue weighted by atomic mass is 32.1. The summed E-state index contributed by atoms with van der Waals surface area (Å²) in [5.41, 5.74) is 10.3. The molecule has 0 saturated heterocycles. The molecule has 0 saturated carbocycles. The molecule has 3 rings (SSSR count). The molecule has 19 heavy (non-hydrogen) atoms. The van der Waals surface area contributed by atoms with Gasteiger partial charge in [0.1, 0.15) is 9.88 Å². The number of nitrogens with zero attached hydrogens (tertiary/aromatic N) is 1. The summed E-state index contributed by atoms with van der Waals surface area (Å²) in [7, 11) is 0.